The van der Waals surface area contributed by atoms with Crippen LogP contribution in [0.3, 0.4) is 0 Å². The molecule has 1 atom stereocenters. The third kappa shape index (κ3) is 2.49. The van der Waals surface area contributed by atoms with E-state index in [4.69, 9.17) is 16.1 Å². The number of carboxylic acid groups (broad SMARTS) is 1. The Morgan fingerprint density at radius 3 is 2.75 bits per heavy atom. The smallest absolute Gasteiger partial charge is 0.305 e. The van der Waals surface area contributed by atoms with Gasteiger partial charge in [0.1, 0.15) is 11.8 Å². The molecule has 0 amide bonds. The molecule has 0 aromatic heterocycles. The third-order valence-electron chi connectivity index (χ3n) is 2.27. The number of carbonyl (C=O) groups is 1. The van der Waals surface area contributed by atoms with Crippen LogP contribution in [-0.4, -0.2) is 16.2 Å². The number of benzene rings is 1. The lowest BCUT2D eigenvalue weighted by Crippen LogP contribution is -2.15. The van der Waals surface area contributed by atoms with Gasteiger partial charge in [0.15, 0.2) is 0 Å². The van der Waals surface area contributed by atoms with Gasteiger partial charge in [0.05, 0.1) is 12.0 Å². The lowest BCUT2D eigenvalue weighted by Gasteiger charge is -2.12. The summed E-state index contributed by atoms with van der Waals surface area (Å²) in [6.45, 7) is 1.63. The number of aromatic hydroxyl groups is 1. The van der Waals surface area contributed by atoms with Crippen molar-refractivity contribution in [2.75, 3.05) is 0 Å². The van der Waals surface area contributed by atoms with Crippen LogP contribution in [0.15, 0.2) is 12.1 Å². The van der Waals surface area contributed by atoms with Crippen molar-refractivity contribution in [3.8, 4) is 11.8 Å². The minimum absolute atomic E-state index is 0.0891. The van der Waals surface area contributed by atoms with Gasteiger partial charge in [0.25, 0.3) is 0 Å². The summed E-state index contributed by atoms with van der Waals surface area (Å²) in [6.07, 6.45) is -0.213. The Morgan fingerprint density at radius 1 is 1.62 bits per heavy atom. The SMILES string of the molecule is Cc1cc(C(N)CC(=O)O)cc(C#N)c1O. The summed E-state index contributed by atoms with van der Waals surface area (Å²) in [5.41, 5.74) is 6.82. The molecule has 1 rings (SSSR count). The van der Waals surface area contributed by atoms with E-state index >= 15 is 0 Å². The molecule has 5 nitrogen and oxygen atoms in total. The highest BCUT2D eigenvalue weighted by molar-refractivity contribution is 5.68. The maximum atomic E-state index is 10.5. The molecule has 0 bridgehead atoms. The summed E-state index contributed by atoms with van der Waals surface area (Å²) >= 11 is 0. The van der Waals surface area contributed by atoms with Crippen LogP contribution >= 0.6 is 0 Å². The Labute approximate surface area is 92.7 Å². The Bertz CT molecular complexity index is 463. The van der Waals surface area contributed by atoms with Crippen LogP contribution in [0.4, 0.5) is 0 Å². The number of hydrogen-bond acceptors (Lipinski definition) is 4. The first-order valence-electron chi connectivity index (χ1n) is 4.66. The highest BCUT2D eigenvalue weighted by Crippen LogP contribution is 2.26. The van der Waals surface area contributed by atoms with E-state index in [0.717, 1.165) is 0 Å². The summed E-state index contributed by atoms with van der Waals surface area (Å²) in [5, 5.41) is 26.9. The van der Waals surface area contributed by atoms with Crippen molar-refractivity contribution in [1.29, 1.82) is 5.26 Å². The van der Waals surface area contributed by atoms with Crippen LogP contribution in [0.1, 0.15) is 29.2 Å². The monoisotopic (exact) mass is 220 g/mol. The van der Waals surface area contributed by atoms with Crippen molar-refractivity contribution >= 4 is 5.97 Å². The van der Waals surface area contributed by atoms with E-state index < -0.39 is 12.0 Å². The predicted octanol–water partition coefficient (Wildman–Crippen LogP) is 1.05. The second-order valence-electron chi connectivity index (χ2n) is 3.55. The van der Waals surface area contributed by atoms with E-state index in [-0.39, 0.29) is 17.7 Å². The third-order valence-corrected chi connectivity index (χ3v) is 2.27. The molecule has 0 heterocycles. The number of phenolic OH excluding ortho intramolecular Hbond substituents is 1. The van der Waals surface area contributed by atoms with E-state index in [1.54, 1.807) is 13.0 Å². The fourth-order valence-corrected chi connectivity index (χ4v) is 1.41. The van der Waals surface area contributed by atoms with Gasteiger partial charge >= 0.3 is 5.97 Å². The lowest BCUT2D eigenvalue weighted by molar-refractivity contribution is -0.137. The maximum Gasteiger partial charge on any atom is 0.305 e. The highest BCUT2D eigenvalue weighted by atomic mass is 16.4. The summed E-state index contributed by atoms with van der Waals surface area (Å²) in [6, 6.07) is 4.15. The van der Waals surface area contributed by atoms with Crippen molar-refractivity contribution < 1.29 is 15.0 Å². The minimum atomic E-state index is -1.00. The Kier molecular flexibility index (Phi) is 3.48. The molecule has 0 saturated heterocycles. The lowest BCUT2D eigenvalue weighted by atomic mass is 9.99. The Morgan fingerprint density at radius 2 is 2.25 bits per heavy atom. The molecule has 0 saturated carbocycles. The number of nitriles is 1. The van der Waals surface area contributed by atoms with Crippen LogP contribution in [-0.2, 0) is 4.79 Å². The molecule has 1 aromatic rings. The zero-order chi connectivity index (χ0) is 12.3. The van der Waals surface area contributed by atoms with E-state index in [2.05, 4.69) is 0 Å². The number of aryl methyl sites for hydroxylation is 1. The van der Waals surface area contributed by atoms with Gasteiger partial charge in [-0.15, -0.1) is 0 Å². The van der Waals surface area contributed by atoms with Crippen molar-refractivity contribution in [3.05, 3.63) is 28.8 Å². The van der Waals surface area contributed by atoms with Gasteiger partial charge in [0.2, 0.25) is 0 Å². The molecule has 5 heteroatoms. The minimum Gasteiger partial charge on any atom is -0.506 e. The molecule has 16 heavy (non-hydrogen) atoms. The fraction of sp³-hybridized carbons (Fsp3) is 0.273. The van der Waals surface area contributed by atoms with Crippen molar-refractivity contribution in [2.45, 2.75) is 19.4 Å². The average Bonchev–Trinajstić information content (AvgIpc) is 2.20. The van der Waals surface area contributed by atoms with E-state index in [9.17, 15) is 9.90 Å². The van der Waals surface area contributed by atoms with Gasteiger partial charge < -0.3 is 15.9 Å². The second kappa shape index (κ2) is 4.64. The van der Waals surface area contributed by atoms with Gasteiger partial charge in [-0.1, -0.05) is 6.07 Å². The van der Waals surface area contributed by atoms with Crippen molar-refractivity contribution in [2.24, 2.45) is 5.73 Å². The van der Waals surface area contributed by atoms with Gasteiger partial charge in [-0.3, -0.25) is 4.79 Å². The molecule has 84 valence electrons. The first kappa shape index (κ1) is 12.0. The quantitative estimate of drug-likeness (QED) is 0.705. The molecule has 0 fully saturated rings. The number of rotatable bonds is 3. The zero-order valence-electron chi connectivity index (χ0n) is 8.77. The van der Waals surface area contributed by atoms with E-state index in [0.29, 0.717) is 11.1 Å². The van der Waals surface area contributed by atoms with Gasteiger partial charge in [0, 0.05) is 6.04 Å². The van der Waals surface area contributed by atoms with Crippen LogP contribution in [0.2, 0.25) is 0 Å². The van der Waals surface area contributed by atoms with E-state index in [1.165, 1.54) is 6.07 Å². The summed E-state index contributed by atoms with van der Waals surface area (Å²) in [5.74, 6) is -1.09. The van der Waals surface area contributed by atoms with Crippen molar-refractivity contribution in [1.82, 2.24) is 0 Å². The first-order chi connectivity index (χ1) is 7.45. The number of nitrogens with two attached hydrogens (primary N) is 1. The van der Waals surface area contributed by atoms with Crippen LogP contribution < -0.4 is 5.73 Å². The second-order valence-corrected chi connectivity index (χ2v) is 3.55. The standard InChI is InChI=1S/C11H12N2O3/c1-6-2-7(9(13)4-10(14)15)3-8(5-12)11(6)16/h2-3,9,16H,4,13H2,1H3,(H,14,15). The predicted molar refractivity (Wildman–Crippen MR) is 56.7 cm³/mol. The van der Waals surface area contributed by atoms with Crippen LogP contribution in [0, 0.1) is 18.3 Å². The molecule has 0 aliphatic carbocycles. The van der Waals surface area contributed by atoms with Crippen LogP contribution in [0.5, 0.6) is 5.75 Å². The average molecular weight is 220 g/mol. The molecule has 0 aliphatic heterocycles. The fourth-order valence-electron chi connectivity index (χ4n) is 1.41. The molecule has 0 radical (unpaired) electrons. The Hall–Kier alpha value is -2.06. The molecular weight excluding hydrogens is 208 g/mol. The molecule has 1 unspecified atom stereocenters. The van der Waals surface area contributed by atoms with Gasteiger partial charge in [-0.25, -0.2) is 0 Å². The molecule has 0 spiro atoms. The number of hydrogen-bond donors (Lipinski definition) is 3. The van der Waals surface area contributed by atoms with Gasteiger partial charge in [-0.2, -0.15) is 5.26 Å². The summed E-state index contributed by atoms with van der Waals surface area (Å²) < 4.78 is 0. The largest absolute Gasteiger partial charge is 0.506 e. The summed E-state index contributed by atoms with van der Waals surface area (Å²) in [4.78, 5) is 10.5. The first-order valence-corrected chi connectivity index (χ1v) is 4.66. The number of nitrogens with zero attached hydrogens (tertiary/aromatic N) is 1. The number of phenols is 1. The van der Waals surface area contributed by atoms with Crippen LogP contribution in [0.25, 0.3) is 0 Å². The molecule has 0 aliphatic rings. The maximum absolute atomic E-state index is 10.5. The van der Waals surface area contributed by atoms with Gasteiger partial charge in [-0.05, 0) is 24.1 Å². The number of aliphatic carboxylic acids is 1. The summed E-state index contributed by atoms with van der Waals surface area (Å²) in [7, 11) is 0. The van der Waals surface area contributed by atoms with Crippen molar-refractivity contribution in [3.63, 3.8) is 0 Å². The molecule has 4 N–H and O–H groups in total. The molecule has 1 aromatic carbocycles. The molecular formula is C11H12N2O3. The zero-order valence-corrected chi connectivity index (χ0v) is 8.77. The van der Waals surface area contributed by atoms with E-state index in [1.807, 2.05) is 6.07 Å². The Balaban J connectivity index is 3.12. The number of carboxylic acids is 1. The topological polar surface area (TPSA) is 107 Å². The normalized spacial score (nSPS) is 11.8. The highest BCUT2D eigenvalue weighted by Gasteiger charge is 2.14.